The van der Waals surface area contributed by atoms with E-state index >= 15 is 0 Å². The normalized spacial score (nSPS) is 10.1. The number of anilines is 1. The summed E-state index contributed by atoms with van der Waals surface area (Å²) in [5.74, 6) is 0.801. The smallest absolute Gasteiger partial charge is 0.203 e. The molecule has 4 heteroatoms. The third-order valence-electron chi connectivity index (χ3n) is 2.23. The Morgan fingerprint density at radius 3 is 2.93 bits per heavy atom. The standard InChI is InChI=1S/C10H10N4/c1-12-10-13-8-4-3-7(6-11)5-9(8)14(10)2/h3-5H,1-2H3,(H,12,13). The number of nitriles is 1. The van der Waals surface area contributed by atoms with Crippen LogP contribution in [0.5, 0.6) is 0 Å². The maximum atomic E-state index is 8.76. The predicted molar refractivity (Wildman–Crippen MR) is 55.0 cm³/mol. The fraction of sp³-hybridized carbons (Fsp3) is 0.200. The van der Waals surface area contributed by atoms with Crippen molar-refractivity contribution in [2.24, 2.45) is 7.05 Å². The van der Waals surface area contributed by atoms with Crippen molar-refractivity contribution in [3.63, 3.8) is 0 Å². The maximum Gasteiger partial charge on any atom is 0.203 e. The topological polar surface area (TPSA) is 53.6 Å². The molecule has 4 nitrogen and oxygen atoms in total. The lowest BCUT2D eigenvalue weighted by molar-refractivity contribution is 0.952. The molecule has 0 unspecified atom stereocenters. The van der Waals surface area contributed by atoms with E-state index in [0.717, 1.165) is 17.0 Å². The Morgan fingerprint density at radius 2 is 2.29 bits per heavy atom. The zero-order chi connectivity index (χ0) is 10.1. The third-order valence-corrected chi connectivity index (χ3v) is 2.23. The zero-order valence-electron chi connectivity index (χ0n) is 8.07. The summed E-state index contributed by atoms with van der Waals surface area (Å²) >= 11 is 0. The zero-order valence-corrected chi connectivity index (χ0v) is 8.07. The minimum absolute atomic E-state index is 0.656. The Balaban J connectivity index is 2.75. The van der Waals surface area contributed by atoms with E-state index in [4.69, 9.17) is 5.26 Å². The molecule has 0 aliphatic heterocycles. The van der Waals surface area contributed by atoms with Crippen LogP contribution in [0.1, 0.15) is 5.56 Å². The van der Waals surface area contributed by atoms with Crippen LogP contribution in [0, 0.1) is 11.3 Å². The number of nitrogens with zero attached hydrogens (tertiary/aromatic N) is 3. The molecule has 0 atom stereocenters. The summed E-state index contributed by atoms with van der Waals surface area (Å²) in [5, 5.41) is 11.7. The highest BCUT2D eigenvalue weighted by Crippen LogP contribution is 2.18. The molecule has 1 aromatic heterocycles. The first kappa shape index (κ1) is 8.57. The van der Waals surface area contributed by atoms with E-state index in [9.17, 15) is 0 Å². The van der Waals surface area contributed by atoms with E-state index < -0.39 is 0 Å². The summed E-state index contributed by atoms with van der Waals surface area (Å²) in [4.78, 5) is 4.35. The fourth-order valence-corrected chi connectivity index (χ4v) is 1.48. The Morgan fingerprint density at radius 1 is 1.50 bits per heavy atom. The van der Waals surface area contributed by atoms with Gasteiger partial charge < -0.3 is 9.88 Å². The van der Waals surface area contributed by atoms with Crippen LogP contribution >= 0.6 is 0 Å². The van der Waals surface area contributed by atoms with Crippen molar-refractivity contribution in [3.05, 3.63) is 23.8 Å². The molecule has 0 fully saturated rings. The Kier molecular flexibility index (Phi) is 1.86. The average molecular weight is 186 g/mol. The van der Waals surface area contributed by atoms with Crippen LogP contribution in [0.3, 0.4) is 0 Å². The quantitative estimate of drug-likeness (QED) is 0.734. The number of benzene rings is 1. The molecule has 1 aromatic carbocycles. The molecule has 0 amide bonds. The molecule has 2 rings (SSSR count). The monoisotopic (exact) mass is 186 g/mol. The van der Waals surface area contributed by atoms with E-state index in [0.29, 0.717) is 5.56 Å². The van der Waals surface area contributed by atoms with Gasteiger partial charge in [0.1, 0.15) is 0 Å². The van der Waals surface area contributed by atoms with Gasteiger partial charge in [-0.2, -0.15) is 5.26 Å². The highest BCUT2D eigenvalue weighted by molar-refractivity contribution is 5.80. The summed E-state index contributed by atoms with van der Waals surface area (Å²) < 4.78 is 1.93. The third kappa shape index (κ3) is 1.11. The number of hydrogen-bond donors (Lipinski definition) is 1. The number of imidazole rings is 1. The molecular formula is C10H10N4. The van der Waals surface area contributed by atoms with Gasteiger partial charge in [-0.3, -0.25) is 0 Å². The lowest BCUT2D eigenvalue weighted by Crippen LogP contribution is -1.97. The molecule has 14 heavy (non-hydrogen) atoms. The van der Waals surface area contributed by atoms with Crippen molar-refractivity contribution in [3.8, 4) is 6.07 Å². The van der Waals surface area contributed by atoms with Gasteiger partial charge in [0, 0.05) is 14.1 Å². The number of rotatable bonds is 1. The minimum Gasteiger partial charge on any atom is -0.359 e. The summed E-state index contributed by atoms with van der Waals surface area (Å²) in [6.07, 6.45) is 0. The molecule has 0 aliphatic rings. The van der Waals surface area contributed by atoms with Crippen LogP contribution in [0.4, 0.5) is 5.95 Å². The lowest BCUT2D eigenvalue weighted by Gasteiger charge is -1.99. The molecular weight excluding hydrogens is 176 g/mol. The summed E-state index contributed by atoms with van der Waals surface area (Å²) in [5.41, 5.74) is 2.52. The van der Waals surface area contributed by atoms with Crippen molar-refractivity contribution >= 4 is 17.0 Å². The Bertz CT molecular complexity index is 519. The number of fused-ring (bicyclic) bond motifs is 1. The van der Waals surface area contributed by atoms with E-state index in [-0.39, 0.29) is 0 Å². The van der Waals surface area contributed by atoms with Gasteiger partial charge in [0.2, 0.25) is 5.95 Å². The van der Waals surface area contributed by atoms with Crippen LogP contribution in [0.2, 0.25) is 0 Å². The summed E-state index contributed by atoms with van der Waals surface area (Å²) in [7, 11) is 3.74. The number of hydrogen-bond acceptors (Lipinski definition) is 3. The van der Waals surface area contributed by atoms with Gasteiger partial charge in [-0.05, 0) is 18.2 Å². The van der Waals surface area contributed by atoms with Crippen molar-refractivity contribution in [1.82, 2.24) is 9.55 Å². The van der Waals surface area contributed by atoms with Crippen LogP contribution in [-0.2, 0) is 7.05 Å². The van der Waals surface area contributed by atoms with E-state index in [2.05, 4.69) is 16.4 Å². The molecule has 70 valence electrons. The van der Waals surface area contributed by atoms with Crippen LogP contribution in [0.15, 0.2) is 18.2 Å². The van der Waals surface area contributed by atoms with Gasteiger partial charge in [-0.1, -0.05) is 0 Å². The second kappa shape index (κ2) is 3.04. The second-order valence-electron chi connectivity index (χ2n) is 3.06. The van der Waals surface area contributed by atoms with Gasteiger partial charge in [0.25, 0.3) is 0 Å². The first-order valence-corrected chi connectivity index (χ1v) is 4.30. The molecule has 0 saturated carbocycles. The minimum atomic E-state index is 0.656. The average Bonchev–Trinajstić information content (AvgIpc) is 2.55. The van der Waals surface area contributed by atoms with Crippen LogP contribution in [-0.4, -0.2) is 16.6 Å². The molecule has 0 saturated heterocycles. The lowest BCUT2D eigenvalue weighted by atomic mass is 10.2. The Hall–Kier alpha value is -2.02. The van der Waals surface area contributed by atoms with Gasteiger partial charge in [0.05, 0.1) is 22.7 Å². The largest absolute Gasteiger partial charge is 0.359 e. The highest BCUT2D eigenvalue weighted by atomic mass is 15.2. The fourth-order valence-electron chi connectivity index (χ4n) is 1.48. The van der Waals surface area contributed by atoms with Crippen molar-refractivity contribution in [2.75, 3.05) is 12.4 Å². The SMILES string of the molecule is CNc1nc2ccc(C#N)cc2n1C. The molecule has 0 bridgehead atoms. The maximum absolute atomic E-state index is 8.76. The highest BCUT2D eigenvalue weighted by Gasteiger charge is 2.05. The van der Waals surface area contributed by atoms with Crippen molar-refractivity contribution in [1.29, 1.82) is 5.26 Å². The van der Waals surface area contributed by atoms with E-state index in [1.54, 1.807) is 6.07 Å². The van der Waals surface area contributed by atoms with Crippen molar-refractivity contribution in [2.45, 2.75) is 0 Å². The summed E-state index contributed by atoms with van der Waals surface area (Å²) in [6, 6.07) is 7.58. The van der Waals surface area contributed by atoms with Crippen LogP contribution in [0.25, 0.3) is 11.0 Å². The summed E-state index contributed by atoms with van der Waals surface area (Å²) in [6.45, 7) is 0. The van der Waals surface area contributed by atoms with Crippen LogP contribution < -0.4 is 5.32 Å². The van der Waals surface area contributed by atoms with Crippen molar-refractivity contribution < 1.29 is 0 Å². The van der Waals surface area contributed by atoms with Gasteiger partial charge >= 0.3 is 0 Å². The van der Waals surface area contributed by atoms with Gasteiger partial charge in [-0.15, -0.1) is 0 Å². The van der Waals surface area contributed by atoms with E-state index in [1.807, 2.05) is 30.8 Å². The molecule has 0 spiro atoms. The first-order valence-electron chi connectivity index (χ1n) is 4.30. The number of aryl methyl sites for hydroxylation is 1. The predicted octanol–water partition coefficient (Wildman–Crippen LogP) is 1.49. The second-order valence-corrected chi connectivity index (χ2v) is 3.06. The molecule has 1 N–H and O–H groups in total. The number of nitrogens with one attached hydrogen (secondary N) is 1. The van der Waals surface area contributed by atoms with Gasteiger partial charge in [-0.25, -0.2) is 4.98 Å². The molecule has 0 aliphatic carbocycles. The van der Waals surface area contributed by atoms with E-state index in [1.165, 1.54) is 0 Å². The number of aromatic nitrogens is 2. The molecule has 0 radical (unpaired) electrons. The van der Waals surface area contributed by atoms with Gasteiger partial charge in [0.15, 0.2) is 0 Å². The first-order chi connectivity index (χ1) is 6.76. The molecule has 2 aromatic rings. The Labute approximate surface area is 81.8 Å². The molecule has 1 heterocycles.